The summed E-state index contributed by atoms with van der Waals surface area (Å²) in [6, 6.07) is 8.32. The van der Waals surface area contributed by atoms with Gasteiger partial charge in [0.05, 0.1) is 7.11 Å². The number of sulfonamides is 1. The Morgan fingerprint density at radius 1 is 1.29 bits per heavy atom. The number of carbonyl (C=O) groups is 1. The number of carbonyl (C=O) groups excluding carboxylic acids is 1. The highest BCUT2D eigenvalue weighted by atomic mass is 35.5. The molecule has 0 aliphatic carbocycles. The minimum absolute atomic E-state index is 0. The van der Waals surface area contributed by atoms with E-state index < -0.39 is 16.0 Å². The zero-order valence-electron chi connectivity index (χ0n) is 13.2. The molecule has 0 unspecified atom stereocenters. The van der Waals surface area contributed by atoms with Gasteiger partial charge in [-0.15, -0.1) is 12.4 Å². The Morgan fingerprint density at radius 3 is 2.50 bits per heavy atom. The molecule has 0 aliphatic heterocycles. The highest BCUT2D eigenvalue weighted by Crippen LogP contribution is 2.19. The molecule has 0 fully saturated rings. The molecule has 24 heavy (non-hydrogen) atoms. The lowest BCUT2D eigenvalue weighted by Crippen LogP contribution is -2.25. The molecule has 1 aromatic carbocycles. The Balaban J connectivity index is 0.00000288. The number of nitrogens with two attached hydrogens (primary N) is 1. The van der Waals surface area contributed by atoms with Crippen LogP contribution in [0.4, 0.5) is 5.69 Å². The fourth-order valence-electron chi connectivity index (χ4n) is 1.99. The standard InChI is InChI=1S/C15H18N2O5S.ClH/c1-10-13(15(18)21-2)9-14(22-10)23(19,20)17-8-7-11-3-5-12(16)6-4-11;/h3-6,9,17H,7-8,16H2,1-2H3;1H. The molecule has 0 radical (unpaired) electrons. The third-order valence-electron chi connectivity index (χ3n) is 3.25. The average molecular weight is 375 g/mol. The lowest BCUT2D eigenvalue weighted by molar-refractivity contribution is 0.0599. The number of rotatable bonds is 6. The van der Waals surface area contributed by atoms with E-state index in [9.17, 15) is 13.2 Å². The summed E-state index contributed by atoms with van der Waals surface area (Å²) in [5.74, 6) is -0.453. The predicted octanol–water partition coefficient (Wildman–Crippen LogP) is 1.90. The van der Waals surface area contributed by atoms with E-state index in [0.29, 0.717) is 12.1 Å². The summed E-state index contributed by atoms with van der Waals surface area (Å²) >= 11 is 0. The minimum atomic E-state index is -3.83. The molecule has 0 amide bonds. The highest BCUT2D eigenvalue weighted by molar-refractivity contribution is 7.89. The van der Waals surface area contributed by atoms with Gasteiger partial charge in [0.1, 0.15) is 11.3 Å². The number of nitrogens with one attached hydrogen (secondary N) is 1. The number of hydrogen-bond donors (Lipinski definition) is 2. The molecule has 2 rings (SSSR count). The molecule has 0 saturated heterocycles. The lowest BCUT2D eigenvalue weighted by Gasteiger charge is -2.04. The van der Waals surface area contributed by atoms with Gasteiger partial charge in [-0.1, -0.05) is 12.1 Å². The SMILES string of the molecule is COC(=O)c1cc(S(=O)(=O)NCCc2ccc(N)cc2)oc1C.Cl. The second kappa shape index (κ2) is 8.18. The first kappa shape index (κ1) is 20.0. The van der Waals surface area contributed by atoms with Crippen LogP contribution < -0.4 is 10.5 Å². The number of benzene rings is 1. The number of halogens is 1. The first-order chi connectivity index (χ1) is 10.8. The van der Waals surface area contributed by atoms with Gasteiger partial charge in [0.2, 0.25) is 5.09 Å². The summed E-state index contributed by atoms with van der Waals surface area (Å²) in [5.41, 5.74) is 7.28. The number of hydrogen-bond acceptors (Lipinski definition) is 6. The van der Waals surface area contributed by atoms with Gasteiger partial charge in [0, 0.05) is 18.3 Å². The van der Waals surface area contributed by atoms with Crippen LogP contribution in [0.25, 0.3) is 0 Å². The Labute approximate surface area is 146 Å². The first-order valence-corrected chi connectivity index (χ1v) is 8.34. The second-order valence-electron chi connectivity index (χ2n) is 4.92. The zero-order valence-corrected chi connectivity index (χ0v) is 14.9. The molecular weight excluding hydrogens is 356 g/mol. The number of nitrogen functional groups attached to an aromatic ring is 1. The predicted molar refractivity (Wildman–Crippen MR) is 91.8 cm³/mol. The van der Waals surface area contributed by atoms with Crippen LogP contribution >= 0.6 is 12.4 Å². The molecule has 9 heteroatoms. The lowest BCUT2D eigenvalue weighted by atomic mass is 10.1. The highest BCUT2D eigenvalue weighted by Gasteiger charge is 2.23. The monoisotopic (exact) mass is 374 g/mol. The van der Waals surface area contributed by atoms with Crippen molar-refractivity contribution in [3.63, 3.8) is 0 Å². The summed E-state index contributed by atoms with van der Waals surface area (Å²) in [4.78, 5) is 11.5. The van der Waals surface area contributed by atoms with E-state index in [1.54, 1.807) is 12.1 Å². The molecule has 0 atom stereocenters. The maximum Gasteiger partial charge on any atom is 0.341 e. The van der Waals surface area contributed by atoms with Crippen molar-refractivity contribution in [2.75, 3.05) is 19.4 Å². The van der Waals surface area contributed by atoms with Crippen molar-refractivity contribution >= 4 is 34.1 Å². The Bertz CT molecular complexity index is 800. The van der Waals surface area contributed by atoms with Gasteiger partial charge in [0.25, 0.3) is 10.0 Å². The van der Waals surface area contributed by atoms with Crippen LogP contribution in [-0.4, -0.2) is 28.0 Å². The van der Waals surface area contributed by atoms with Crippen molar-refractivity contribution in [1.29, 1.82) is 0 Å². The first-order valence-electron chi connectivity index (χ1n) is 6.86. The third-order valence-corrected chi connectivity index (χ3v) is 4.57. The van der Waals surface area contributed by atoms with Crippen LogP contribution in [0.5, 0.6) is 0 Å². The van der Waals surface area contributed by atoms with Gasteiger partial charge in [-0.25, -0.2) is 17.9 Å². The van der Waals surface area contributed by atoms with Crippen molar-refractivity contribution in [2.45, 2.75) is 18.4 Å². The van der Waals surface area contributed by atoms with Gasteiger partial charge < -0.3 is 14.9 Å². The van der Waals surface area contributed by atoms with Gasteiger partial charge in [-0.3, -0.25) is 0 Å². The molecule has 7 nitrogen and oxygen atoms in total. The Hall–Kier alpha value is -2.03. The van der Waals surface area contributed by atoms with E-state index in [4.69, 9.17) is 10.2 Å². The number of esters is 1. The molecule has 132 valence electrons. The summed E-state index contributed by atoms with van der Waals surface area (Å²) in [5, 5.41) is -0.312. The number of methoxy groups -OCH3 is 1. The van der Waals surface area contributed by atoms with E-state index >= 15 is 0 Å². The van der Waals surface area contributed by atoms with Crippen molar-refractivity contribution in [3.05, 3.63) is 47.2 Å². The fourth-order valence-corrected chi connectivity index (χ4v) is 3.01. The van der Waals surface area contributed by atoms with Crippen LogP contribution in [0.3, 0.4) is 0 Å². The summed E-state index contributed by atoms with van der Waals surface area (Å²) in [7, 11) is -2.62. The Kier molecular flexibility index (Phi) is 6.82. The van der Waals surface area contributed by atoms with Gasteiger partial charge in [0.15, 0.2) is 0 Å². The fraction of sp³-hybridized carbons (Fsp3) is 0.267. The van der Waals surface area contributed by atoms with Crippen LogP contribution in [0.2, 0.25) is 0 Å². The van der Waals surface area contributed by atoms with Crippen LogP contribution in [0, 0.1) is 6.92 Å². The van der Waals surface area contributed by atoms with Crippen molar-refractivity contribution in [1.82, 2.24) is 4.72 Å². The van der Waals surface area contributed by atoms with E-state index in [0.717, 1.165) is 11.6 Å². The van der Waals surface area contributed by atoms with Gasteiger partial charge in [-0.2, -0.15) is 0 Å². The van der Waals surface area contributed by atoms with Crippen molar-refractivity contribution < 1.29 is 22.4 Å². The molecule has 0 spiro atoms. The van der Waals surface area contributed by atoms with E-state index in [-0.39, 0.29) is 35.4 Å². The van der Waals surface area contributed by atoms with E-state index in [1.807, 2.05) is 12.1 Å². The normalized spacial score (nSPS) is 10.9. The molecular formula is C15H19ClN2O5S. The number of anilines is 1. The van der Waals surface area contributed by atoms with Crippen molar-refractivity contribution in [3.8, 4) is 0 Å². The molecule has 0 saturated carbocycles. The van der Waals surface area contributed by atoms with Crippen LogP contribution in [-0.2, 0) is 21.2 Å². The largest absolute Gasteiger partial charge is 0.465 e. The molecule has 3 N–H and O–H groups in total. The van der Waals surface area contributed by atoms with Gasteiger partial charge >= 0.3 is 5.97 Å². The topological polar surface area (TPSA) is 112 Å². The molecule has 0 bridgehead atoms. The van der Waals surface area contributed by atoms with E-state index in [2.05, 4.69) is 9.46 Å². The maximum absolute atomic E-state index is 12.2. The summed E-state index contributed by atoms with van der Waals surface area (Å²) < 4.78 is 36.5. The van der Waals surface area contributed by atoms with Crippen molar-refractivity contribution in [2.24, 2.45) is 0 Å². The number of ether oxygens (including phenoxy) is 1. The Morgan fingerprint density at radius 2 is 1.92 bits per heavy atom. The second-order valence-corrected chi connectivity index (χ2v) is 6.61. The maximum atomic E-state index is 12.2. The smallest absolute Gasteiger partial charge is 0.341 e. The number of furan rings is 1. The van der Waals surface area contributed by atoms with Gasteiger partial charge in [-0.05, 0) is 31.0 Å². The van der Waals surface area contributed by atoms with E-state index in [1.165, 1.54) is 14.0 Å². The summed E-state index contributed by atoms with van der Waals surface area (Å²) in [6.45, 7) is 1.69. The number of aryl methyl sites for hydroxylation is 1. The molecule has 2 aromatic rings. The van der Waals surface area contributed by atoms with Crippen LogP contribution in [0.15, 0.2) is 39.8 Å². The molecule has 1 aromatic heterocycles. The summed E-state index contributed by atoms with van der Waals surface area (Å²) in [6.07, 6.45) is 0.503. The zero-order chi connectivity index (χ0) is 17.0. The molecule has 0 aliphatic rings. The van der Waals surface area contributed by atoms with Crippen LogP contribution in [0.1, 0.15) is 21.7 Å². The quantitative estimate of drug-likeness (QED) is 0.590. The third kappa shape index (κ3) is 4.73. The molecule has 1 heterocycles. The average Bonchev–Trinajstić information content (AvgIpc) is 2.91. The minimum Gasteiger partial charge on any atom is -0.465 e.